The zero-order chi connectivity index (χ0) is 14.5. The summed E-state index contributed by atoms with van der Waals surface area (Å²) in [7, 11) is 0. The first-order chi connectivity index (χ1) is 9.56. The van der Waals surface area contributed by atoms with Gasteiger partial charge in [-0.1, -0.05) is 41.4 Å². The molecule has 0 bridgehead atoms. The minimum Gasteiger partial charge on any atom is -0.478 e. The quantitative estimate of drug-likeness (QED) is 0.664. The lowest BCUT2D eigenvalue weighted by molar-refractivity contribution is 0.0697. The van der Waals surface area contributed by atoms with Crippen molar-refractivity contribution in [2.24, 2.45) is 5.10 Å². The predicted molar refractivity (Wildman–Crippen MR) is 80.8 cm³/mol. The van der Waals surface area contributed by atoms with Crippen molar-refractivity contribution >= 4 is 29.5 Å². The van der Waals surface area contributed by atoms with Crippen molar-refractivity contribution in [3.63, 3.8) is 0 Å². The highest BCUT2D eigenvalue weighted by Gasteiger charge is 2.08. The van der Waals surface area contributed by atoms with Crippen LogP contribution in [0.3, 0.4) is 0 Å². The fourth-order valence-electron chi connectivity index (χ4n) is 1.69. The molecule has 0 aromatic heterocycles. The second-order valence-electron chi connectivity index (χ2n) is 4.28. The minimum absolute atomic E-state index is 0.0439. The molecule has 0 aliphatic carbocycles. The number of carboxylic acids is 1. The van der Waals surface area contributed by atoms with Crippen LogP contribution < -0.4 is 5.43 Å². The Kier molecular flexibility index (Phi) is 4.38. The minimum atomic E-state index is -1.07. The molecular formula is C15H13ClN2O2. The number of aryl methyl sites for hydroxylation is 1. The number of halogens is 1. The maximum absolute atomic E-state index is 11.0. The van der Waals surface area contributed by atoms with Gasteiger partial charge in [-0.3, -0.25) is 5.43 Å². The zero-order valence-electron chi connectivity index (χ0n) is 10.8. The lowest BCUT2D eigenvalue weighted by Crippen LogP contribution is -1.99. The van der Waals surface area contributed by atoms with Crippen LogP contribution >= 0.6 is 11.6 Å². The van der Waals surface area contributed by atoms with E-state index >= 15 is 0 Å². The van der Waals surface area contributed by atoms with Crippen LogP contribution in [0, 0.1) is 6.92 Å². The molecule has 0 saturated heterocycles. The number of anilines is 1. The first-order valence-electron chi connectivity index (χ1n) is 5.95. The zero-order valence-corrected chi connectivity index (χ0v) is 11.6. The normalized spacial score (nSPS) is 10.7. The van der Waals surface area contributed by atoms with E-state index in [1.165, 1.54) is 12.1 Å². The molecule has 2 aromatic carbocycles. The molecule has 102 valence electrons. The Labute approximate surface area is 121 Å². The van der Waals surface area contributed by atoms with Crippen molar-refractivity contribution in [1.29, 1.82) is 0 Å². The molecule has 20 heavy (non-hydrogen) atoms. The second-order valence-corrected chi connectivity index (χ2v) is 4.69. The maximum atomic E-state index is 11.0. The van der Waals surface area contributed by atoms with Crippen LogP contribution in [0.15, 0.2) is 47.6 Å². The molecule has 0 unspecified atom stereocenters. The molecule has 2 rings (SSSR count). The van der Waals surface area contributed by atoms with E-state index in [9.17, 15) is 4.79 Å². The van der Waals surface area contributed by atoms with Crippen LogP contribution in [0.2, 0.25) is 5.02 Å². The van der Waals surface area contributed by atoms with E-state index in [2.05, 4.69) is 10.5 Å². The van der Waals surface area contributed by atoms with Crippen LogP contribution in [0.25, 0.3) is 0 Å². The van der Waals surface area contributed by atoms with Crippen LogP contribution in [0.1, 0.15) is 21.5 Å². The summed E-state index contributed by atoms with van der Waals surface area (Å²) in [5.41, 5.74) is 5.50. The van der Waals surface area contributed by atoms with E-state index in [4.69, 9.17) is 16.7 Å². The third kappa shape index (κ3) is 3.59. The SMILES string of the molecule is Cc1cccc(C=NNc2ccc(Cl)c(C(=O)O)c2)c1. The van der Waals surface area contributed by atoms with Crippen LogP contribution in [-0.4, -0.2) is 17.3 Å². The average Bonchev–Trinajstić information content (AvgIpc) is 2.40. The highest BCUT2D eigenvalue weighted by Crippen LogP contribution is 2.20. The van der Waals surface area contributed by atoms with Gasteiger partial charge in [0.05, 0.1) is 22.5 Å². The van der Waals surface area contributed by atoms with E-state index in [0.717, 1.165) is 11.1 Å². The molecule has 0 saturated carbocycles. The van der Waals surface area contributed by atoms with Gasteiger partial charge >= 0.3 is 5.97 Å². The van der Waals surface area contributed by atoms with Crippen molar-refractivity contribution in [1.82, 2.24) is 0 Å². The Morgan fingerprint density at radius 2 is 2.10 bits per heavy atom. The summed E-state index contributed by atoms with van der Waals surface area (Å²) < 4.78 is 0. The number of hydrogen-bond donors (Lipinski definition) is 2. The number of carbonyl (C=O) groups is 1. The number of carboxylic acid groups (broad SMARTS) is 1. The van der Waals surface area contributed by atoms with Crippen LogP contribution in [0.4, 0.5) is 5.69 Å². The van der Waals surface area contributed by atoms with Gasteiger partial charge in [-0.25, -0.2) is 4.79 Å². The van der Waals surface area contributed by atoms with Gasteiger partial charge in [0.25, 0.3) is 0 Å². The largest absolute Gasteiger partial charge is 0.478 e. The summed E-state index contributed by atoms with van der Waals surface area (Å²) in [6.45, 7) is 2.00. The van der Waals surface area contributed by atoms with Gasteiger partial charge in [0.1, 0.15) is 0 Å². The van der Waals surface area contributed by atoms with E-state index in [1.807, 2.05) is 31.2 Å². The second kappa shape index (κ2) is 6.21. The third-order valence-corrected chi connectivity index (χ3v) is 2.98. The van der Waals surface area contributed by atoms with E-state index in [-0.39, 0.29) is 10.6 Å². The van der Waals surface area contributed by atoms with Crippen molar-refractivity contribution < 1.29 is 9.90 Å². The van der Waals surface area contributed by atoms with Gasteiger partial charge < -0.3 is 5.11 Å². The highest BCUT2D eigenvalue weighted by molar-refractivity contribution is 6.33. The summed E-state index contributed by atoms with van der Waals surface area (Å²) in [5, 5.41) is 13.2. The lowest BCUT2D eigenvalue weighted by atomic mass is 10.2. The molecule has 0 aliphatic heterocycles. The Balaban J connectivity index is 2.11. The van der Waals surface area contributed by atoms with Crippen molar-refractivity contribution in [2.45, 2.75) is 6.92 Å². The average molecular weight is 289 g/mol. The molecule has 0 amide bonds. The molecule has 4 nitrogen and oxygen atoms in total. The van der Waals surface area contributed by atoms with Gasteiger partial charge in [-0.05, 0) is 30.7 Å². The van der Waals surface area contributed by atoms with E-state index in [0.29, 0.717) is 5.69 Å². The summed E-state index contributed by atoms with van der Waals surface area (Å²) in [4.78, 5) is 11.0. The predicted octanol–water partition coefficient (Wildman–Crippen LogP) is 3.79. The smallest absolute Gasteiger partial charge is 0.337 e. The van der Waals surface area contributed by atoms with Gasteiger partial charge in [-0.2, -0.15) is 5.10 Å². The number of hydrogen-bond acceptors (Lipinski definition) is 3. The first kappa shape index (κ1) is 14.1. The molecule has 0 fully saturated rings. The van der Waals surface area contributed by atoms with Gasteiger partial charge in [0, 0.05) is 0 Å². The number of benzene rings is 2. The molecule has 0 spiro atoms. The topological polar surface area (TPSA) is 61.7 Å². The van der Waals surface area contributed by atoms with Crippen LogP contribution in [-0.2, 0) is 0 Å². The van der Waals surface area contributed by atoms with Gasteiger partial charge in [0.15, 0.2) is 0 Å². The van der Waals surface area contributed by atoms with E-state index in [1.54, 1.807) is 12.3 Å². The molecule has 5 heteroatoms. The number of rotatable bonds is 4. The Bertz CT molecular complexity index is 669. The molecule has 0 atom stereocenters. The van der Waals surface area contributed by atoms with Gasteiger partial charge in [0.2, 0.25) is 0 Å². The summed E-state index contributed by atoms with van der Waals surface area (Å²) in [6, 6.07) is 12.5. The van der Waals surface area contributed by atoms with Gasteiger partial charge in [-0.15, -0.1) is 0 Å². The first-order valence-corrected chi connectivity index (χ1v) is 6.32. The summed E-state index contributed by atoms with van der Waals surface area (Å²) in [6.07, 6.45) is 1.67. The maximum Gasteiger partial charge on any atom is 0.337 e. The van der Waals surface area contributed by atoms with Crippen molar-refractivity contribution in [2.75, 3.05) is 5.43 Å². The number of aromatic carboxylic acids is 1. The Hall–Kier alpha value is -2.33. The Morgan fingerprint density at radius 3 is 2.80 bits per heavy atom. The molecule has 0 aliphatic rings. The van der Waals surface area contributed by atoms with Crippen molar-refractivity contribution in [3.8, 4) is 0 Å². The standard InChI is InChI=1S/C15H13ClN2O2/c1-10-3-2-4-11(7-10)9-17-18-12-5-6-14(16)13(8-12)15(19)20/h2-9,18H,1H3,(H,19,20). The lowest BCUT2D eigenvalue weighted by Gasteiger charge is -2.03. The molecule has 0 radical (unpaired) electrons. The van der Waals surface area contributed by atoms with Crippen molar-refractivity contribution in [3.05, 3.63) is 64.2 Å². The molecule has 2 N–H and O–H groups in total. The molecule has 2 aromatic rings. The number of hydrazone groups is 1. The fraction of sp³-hybridized carbons (Fsp3) is 0.0667. The number of nitrogens with zero attached hydrogens (tertiary/aromatic N) is 1. The Morgan fingerprint density at radius 1 is 1.30 bits per heavy atom. The highest BCUT2D eigenvalue weighted by atomic mass is 35.5. The molecule has 0 heterocycles. The molecular weight excluding hydrogens is 276 g/mol. The van der Waals surface area contributed by atoms with E-state index < -0.39 is 5.97 Å². The summed E-state index contributed by atoms with van der Waals surface area (Å²) in [5.74, 6) is -1.07. The fourth-order valence-corrected chi connectivity index (χ4v) is 1.89. The monoisotopic (exact) mass is 288 g/mol. The third-order valence-electron chi connectivity index (χ3n) is 2.65. The van der Waals surface area contributed by atoms with Crippen LogP contribution in [0.5, 0.6) is 0 Å². The summed E-state index contributed by atoms with van der Waals surface area (Å²) >= 11 is 5.79. The number of nitrogens with one attached hydrogen (secondary N) is 1.